The Morgan fingerprint density at radius 2 is 2.04 bits per heavy atom. The number of amides is 1. The van der Waals surface area contributed by atoms with Gasteiger partial charge in [-0.1, -0.05) is 12.1 Å². The van der Waals surface area contributed by atoms with Crippen LogP contribution in [0.5, 0.6) is 11.5 Å². The minimum absolute atomic E-state index is 0.164. The predicted molar refractivity (Wildman–Crippen MR) is 115 cm³/mol. The maximum Gasteiger partial charge on any atom is 0.286 e. The van der Waals surface area contributed by atoms with Crippen molar-refractivity contribution in [3.8, 4) is 11.5 Å². The number of hydrogen-bond acceptors (Lipinski definition) is 6. The molecule has 0 radical (unpaired) electrons. The van der Waals surface area contributed by atoms with Gasteiger partial charge in [-0.2, -0.15) is 4.99 Å². The summed E-state index contributed by atoms with van der Waals surface area (Å²) >= 11 is 3.12. The first kappa shape index (κ1) is 19.1. The fourth-order valence-corrected chi connectivity index (χ4v) is 4.79. The molecule has 7 heteroatoms. The minimum atomic E-state index is -0.164. The number of rotatable bonds is 5. The molecule has 0 saturated carbocycles. The third-order valence-electron chi connectivity index (χ3n) is 4.67. The van der Waals surface area contributed by atoms with Gasteiger partial charge < -0.3 is 14.4 Å². The lowest BCUT2D eigenvalue weighted by molar-refractivity contribution is -0.113. The van der Waals surface area contributed by atoms with Crippen LogP contribution in [0, 0.1) is 0 Å². The summed E-state index contributed by atoms with van der Waals surface area (Å²) in [6.07, 6.45) is 5.46. The second-order valence-corrected chi connectivity index (χ2v) is 8.68. The Kier molecular flexibility index (Phi) is 6.02. The molecule has 2 aromatic rings. The van der Waals surface area contributed by atoms with Gasteiger partial charge in [-0.05, 0) is 66.2 Å². The monoisotopic (exact) mass is 414 g/mol. The molecule has 146 valence electrons. The van der Waals surface area contributed by atoms with Crippen molar-refractivity contribution in [2.45, 2.75) is 25.9 Å². The van der Waals surface area contributed by atoms with E-state index < -0.39 is 0 Å². The zero-order valence-electron chi connectivity index (χ0n) is 15.7. The summed E-state index contributed by atoms with van der Waals surface area (Å²) < 4.78 is 11.4. The molecule has 2 aliphatic rings. The van der Waals surface area contributed by atoms with Crippen LogP contribution in [0.4, 0.5) is 0 Å². The molecule has 0 bridgehead atoms. The third kappa shape index (κ3) is 4.42. The van der Waals surface area contributed by atoms with E-state index >= 15 is 0 Å². The Bertz CT molecular complexity index is 900. The van der Waals surface area contributed by atoms with Gasteiger partial charge >= 0.3 is 0 Å². The van der Waals surface area contributed by atoms with E-state index in [2.05, 4.69) is 9.89 Å². The van der Waals surface area contributed by atoms with Crippen molar-refractivity contribution in [3.05, 3.63) is 51.1 Å². The van der Waals surface area contributed by atoms with Crippen molar-refractivity contribution in [2.75, 3.05) is 20.2 Å². The number of piperidine rings is 1. The van der Waals surface area contributed by atoms with E-state index in [1.807, 2.05) is 41.8 Å². The van der Waals surface area contributed by atoms with Gasteiger partial charge in [0.2, 0.25) is 0 Å². The number of benzene rings is 1. The van der Waals surface area contributed by atoms with Crippen LogP contribution in [0.3, 0.4) is 0 Å². The van der Waals surface area contributed by atoms with Gasteiger partial charge in [-0.3, -0.25) is 4.79 Å². The molecule has 28 heavy (non-hydrogen) atoms. The molecule has 4 rings (SSSR count). The molecule has 0 aliphatic carbocycles. The number of carbonyl (C=O) groups is 1. The Balaban J connectivity index is 1.46. The molecule has 0 unspecified atom stereocenters. The molecule has 1 aromatic carbocycles. The van der Waals surface area contributed by atoms with Gasteiger partial charge in [-0.15, -0.1) is 11.3 Å². The second-order valence-electron chi connectivity index (χ2n) is 6.64. The van der Waals surface area contributed by atoms with Gasteiger partial charge in [0, 0.05) is 18.0 Å². The average molecular weight is 415 g/mol. The first-order valence-corrected chi connectivity index (χ1v) is 11.0. The maximum atomic E-state index is 12.3. The van der Waals surface area contributed by atoms with Crippen LogP contribution in [-0.4, -0.2) is 36.2 Å². The quantitative estimate of drug-likeness (QED) is 0.659. The Morgan fingerprint density at radius 3 is 2.79 bits per heavy atom. The van der Waals surface area contributed by atoms with E-state index in [1.54, 1.807) is 18.4 Å². The zero-order chi connectivity index (χ0) is 19.3. The molecular weight excluding hydrogens is 392 g/mol. The van der Waals surface area contributed by atoms with Crippen LogP contribution < -0.4 is 9.47 Å². The number of thioether (sulfide) groups is 1. The molecule has 1 amide bonds. The smallest absolute Gasteiger partial charge is 0.286 e. The molecule has 5 nitrogen and oxygen atoms in total. The van der Waals surface area contributed by atoms with Crippen LogP contribution in [0.1, 0.15) is 29.7 Å². The largest absolute Gasteiger partial charge is 0.493 e. The van der Waals surface area contributed by atoms with Crippen LogP contribution in [0.2, 0.25) is 0 Å². The lowest BCUT2D eigenvalue weighted by atomic mass is 10.1. The minimum Gasteiger partial charge on any atom is -0.493 e. The van der Waals surface area contributed by atoms with Crippen molar-refractivity contribution in [1.29, 1.82) is 0 Å². The number of likely N-dealkylation sites (tertiary alicyclic amines) is 1. The topological polar surface area (TPSA) is 51.1 Å². The van der Waals surface area contributed by atoms with E-state index in [9.17, 15) is 4.79 Å². The summed E-state index contributed by atoms with van der Waals surface area (Å²) in [4.78, 5) is 20.6. The highest BCUT2D eigenvalue weighted by molar-refractivity contribution is 8.18. The van der Waals surface area contributed by atoms with Crippen LogP contribution in [0.15, 0.2) is 45.6 Å². The number of amidine groups is 1. The molecule has 3 heterocycles. The standard InChI is InChI=1S/C21H22N2O3S2/c1-25-18-12-15(7-8-17(18)26-14-16-6-5-11-27-16)13-19-20(24)22-21(28-19)23-9-3-2-4-10-23/h5-8,11-13H,2-4,9-10,14H2,1H3/b19-13-. The molecular formula is C21H22N2O3S2. The lowest BCUT2D eigenvalue weighted by Crippen LogP contribution is -2.33. The number of thiophene rings is 1. The second kappa shape index (κ2) is 8.84. The third-order valence-corrected chi connectivity index (χ3v) is 6.57. The first-order valence-electron chi connectivity index (χ1n) is 9.33. The molecule has 2 aliphatic heterocycles. The van der Waals surface area contributed by atoms with E-state index in [-0.39, 0.29) is 5.91 Å². The summed E-state index contributed by atoms with van der Waals surface area (Å²) in [7, 11) is 1.62. The average Bonchev–Trinajstić information content (AvgIpc) is 3.38. The molecule has 1 aromatic heterocycles. The molecule has 0 atom stereocenters. The Morgan fingerprint density at radius 1 is 1.18 bits per heavy atom. The van der Waals surface area contributed by atoms with Gasteiger partial charge in [0.15, 0.2) is 16.7 Å². The summed E-state index contributed by atoms with van der Waals surface area (Å²) in [5.41, 5.74) is 0.895. The van der Waals surface area contributed by atoms with Crippen molar-refractivity contribution in [1.82, 2.24) is 4.90 Å². The normalized spacial score (nSPS) is 18.5. The highest BCUT2D eigenvalue weighted by Crippen LogP contribution is 2.34. The molecule has 0 spiro atoms. The van der Waals surface area contributed by atoms with Crippen molar-refractivity contribution in [3.63, 3.8) is 0 Å². The van der Waals surface area contributed by atoms with E-state index in [4.69, 9.17) is 9.47 Å². The van der Waals surface area contributed by atoms with E-state index in [1.165, 1.54) is 18.2 Å². The van der Waals surface area contributed by atoms with Gasteiger partial charge in [-0.25, -0.2) is 0 Å². The van der Waals surface area contributed by atoms with Crippen LogP contribution in [0.25, 0.3) is 6.08 Å². The summed E-state index contributed by atoms with van der Waals surface area (Å²) in [5.74, 6) is 1.18. The summed E-state index contributed by atoms with van der Waals surface area (Å²) in [5, 5.41) is 2.86. The van der Waals surface area contributed by atoms with Gasteiger partial charge in [0.25, 0.3) is 5.91 Å². The van der Waals surface area contributed by atoms with Crippen molar-refractivity contribution in [2.24, 2.45) is 4.99 Å². The predicted octanol–water partition coefficient (Wildman–Crippen LogP) is 4.79. The molecule has 1 saturated heterocycles. The number of hydrogen-bond donors (Lipinski definition) is 0. The van der Waals surface area contributed by atoms with Crippen molar-refractivity contribution >= 4 is 40.2 Å². The van der Waals surface area contributed by atoms with E-state index in [0.29, 0.717) is 23.0 Å². The van der Waals surface area contributed by atoms with Gasteiger partial charge in [0.05, 0.1) is 12.0 Å². The molecule has 1 fully saturated rings. The maximum absolute atomic E-state index is 12.3. The Labute approximate surface area is 173 Å². The number of ether oxygens (including phenoxy) is 2. The SMILES string of the molecule is COc1cc(/C=C2\SC(N3CCCCC3)=NC2=O)ccc1OCc1cccs1. The van der Waals surface area contributed by atoms with Gasteiger partial charge in [0.1, 0.15) is 6.61 Å². The zero-order valence-corrected chi connectivity index (χ0v) is 17.4. The summed E-state index contributed by atoms with van der Waals surface area (Å²) in [6, 6.07) is 9.76. The first-order chi connectivity index (χ1) is 13.7. The van der Waals surface area contributed by atoms with Crippen LogP contribution >= 0.6 is 23.1 Å². The molecule has 0 N–H and O–H groups in total. The van der Waals surface area contributed by atoms with E-state index in [0.717, 1.165) is 41.5 Å². The van der Waals surface area contributed by atoms with Crippen LogP contribution in [-0.2, 0) is 11.4 Å². The number of methoxy groups -OCH3 is 1. The Hall–Kier alpha value is -2.25. The fraction of sp³-hybridized carbons (Fsp3) is 0.333. The lowest BCUT2D eigenvalue weighted by Gasteiger charge is -2.27. The highest BCUT2D eigenvalue weighted by atomic mass is 32.2. The number of nitrogens with zero attached hydrogens (tertiary/aromatic N) is 2. The highest BCUT2D eigenvalue weighted by Gasteiger charge is 2.27. The number of carbonyl (C=O) groups excluding carboxylic acids is 1. The fourth-order valence-electron chi connectivity index (χ4n) is 3.21. The number of aliphatic imine (C=N–C) groups is 1. The van der Waals surface area contributed by atoms with Crippen molar-refractivity contribution < 1.29 is 14.3 Å². The summed E-state index contributed by atoms with van der Waals surface area (Å²) in [6.45, 7) is 2.48.